The van der Waals surface area contributed by atoms with Crippen LogP contribution in [0.4, 0.5) is 0 Å². The fourth-order valence-electron chi connectivity index (χ4n) is 2.36. The second-order valence-corrected chi connectivity index (χ2v) is 5.81. The van der Waals surface area contributed by atoms with Crippen molar-refractivity contribution in [3.8, 4) is 5.75 Å². The average molecular weight is 293 g/mol. The lowest BCUT2D eigenvalue weighted by atomic mass is 9.96. The number of para-hydroxylation sites is 1. The molecule has 0 bridgehead atoms. The zero-order valence-corrected chi connectivity index (χ0v) is 13.5. The summed E-state index contributed by atoms with van der Waals surface area (Å²) in [6.45, 7) is 9.07. The number of benzene rings is 1. The molecule has 4 heteroatoms. The van der Waals surface area contributed by atoms with Crippen LogP contribution in [-0.4, -0.2) is 29.8 Å². The first-order valence-corrected chi connectivity index (χ1v) is 7.61. The molecule has 0 aromatic heterocycles. The first kappa shape index (κ1) is 17.5. The Morgan fingerprint density at radius 3 is 2.62 bits per heavy atom. The van der Waals surface area contributed by atoms with E-state index in [9.17, 15) is 9.90 Å². The van der Waals surface area contributed by atoms with Gasteiger partial charge in [-0.15, -0.1) is 0 Å². The number of rotatable bonds is 9. The van der Waals surface area contributed by atoms with Gasteiger partial charge in [-0.05, 0) is 43.9 Å². The van der Waals surface area contributed by atoms with Crippen molar-refractivity contribution in [2.24, 2.45) is 0 Å². The highest BCUT2D eigenvalue weighted by Gasteiger charge is 2.31. The minimum Gasteiger partial charge on any atom is -0.493 e. The van der Waals surface area contributed by atoms with Gasteiger partial charge in [-0.25, -0.2) is 0 Å². The molecule has 0 saturated carbocycles. The molecule has 2 N–H and O–H groups in total. The van der Waals surface area contributed by atoms with Gasteiger partial charge in [0.15, 0.2) is 0 Å². The third kappa shape index (κ3) is 5.05. The number of ether oxygens (including phenoxy) is 1. The van der Waals surface area contributed by atoms with E-state index in [0.717, 1.165) is 5.75 Å². The summed E-state index contributed by atoms with van der Waals surface area (Å²) in [6, 6.07) is 8.01. The van der Waals surface area contributed by atoms with Gasteiger partial charge >= 0.3 is 5.97 Å². The van der Waals surface area contributed by atoms with Crippen molar-refractivity contribution in [1.29, 1.82) is 0 Å². The molecule has 118 valence electrons. The second-order valence-electron chi connectivity index (χ2n) is 5.81. The summed E-state index contributed by atoms with van der Waals surface area (Å²) < 4.78 is 5.83. The number of carboxylic acid groups (broad SMARTS) is 1. The number of hydrogen-bond donors (Lipinski definition) is 2. The smallest absolute Gasteiger partial charge is 0.323 e. The predicted octanol–water partition coefficient (Wildman–Crippen LogP) is 3.42. The van der Waals surface area contributed by atoms with Gasteiger partial charge in [-0.3, -0.25) is 4.79 Å². The van der Waals surface area contributed by atoms with Gasteiger partial charge in [0.2, 0.25) is 0 Å². The van der Waals surface area contributed by atoms with Gasteiger partial charge in [0.25, 0.3) is 0 Å². The van der Waals surface area contributed by atoms with E-state index >= 15 is 0 Å². The standard InChI is InChI=1S/C17H27NO3/c1-5-18-17(4,16(19)20)11-8-12-21-15-10-7-6-9-14(15)13(2)3/h6-7,9-10,13,18H,5,8,11-12H2,1-4H3,(H,19,20). The van der Waals surface area contributed by atoms with E-state index in [1.807, 2.05) is 25.1 Å². The number of aliphatic carboxylic acids is 1. The molecule has 0 heterocycles. The first-order chi connectivity index (χ1) is 9.90. The lowest BCUT2D eigenvalue weighted by molar-refractivity contribution is -0.144. The van der Waals surface area contributed by atoms with Crippen LogP contribution in [0.5, 0.6) is 5.75 Å². The molecule has 1 atom stereocenters. The lowest BCUT2D eigenvalue weighted by Crippen LogP contribution is -2.49. The molecule has 0 aliphatic rings. The molecule has 0 aliphatic carbocycles. The Bertz CT molecular complexity index is 459. The Morgan fingerprint density at radius 2 is 2.05 bits per heavy atom. The molecule has 0 amide bonds. The second kappa shape index (κ2) is 8.03. The molecular weight excluding hydrogens is 266 g/mol. The van der Waals surface area contributed by atoms with Gasteiger partial charge in [0, 0.05) is 0 Å². The Morgan fingerprint density at radius 1 is 1.38 bits per heavy atom. The molecule has 1 aromatic carbocycles. The van der Waals surface area contributed by atoms with Crippen molar-refractivity contribution in [1.82, 2.24) is 5.32 Å². The monoisotopic (exact) mass is 293 g/mol. The van der Waals surface area contributed by atoms with Crippen LogP contribution in [0.15, 0.2) is 24.3 Å². The largest absolute Gasteiger partial charge is 0.493 e. The zero-order chi connectivity index (χ0) is 15.9. The minimum absolute atomic E-state index is 0.409. The molecule has 21 heavy (non-hydrogen) atoms. The summed E-state index contributed by atoms with van der Waals surface area (Å²) >= 11 is 0. The van der Waals surface area contributed by atoms with Gasteiger partial charge in [0.05, 0.1) is 6.61 Å². The summed E-state index contributed by atoms with van der Waals surface area (Å²) in [5, 5.41) is 12.3. The molecule has 1 unspecified atom stereocenters. The van der Waals surface area contributed by atoms with Crippen LogP contribution in [0.1, 0.15) is 52.0 Å². The topological polar surface area (TPSA) is 58.6 Å². The third-order valence-electron chi connectivity index (χ3n) is 3.66. The molecular formula is C17H27NO3. The SMILES string of the molecule is CCNC(C)(CCCOc1ccccc1C(C)C)C(=O)O. The normalized spacial score (nSPS) is 14.0. The Kier molecular flexibility index (Phi) is 6.69. The summed E-state index contributed by atoms with van der Waals surface area (Å²) in [5.41, 5.74) is 0.306. The van der Waals surface area contributed by atoms with Gasteiger partial charge in [-0.2, -0.15) is 0 Å². The Balaban J connectivity index is 2.52. The number of carboxylic acids is 1. The van der Waals surface area contributed by atoms with Gasteiger partial charge in [-0.1, -0.05) is 39.0 Å². The maximum absolute atomic E-state index is 11.3. The van der Waals surface area contributed by atoms with Crippen LogP contribution < -0.4 is 10.1 Å². The first-order valence-electron chi connectivity index (χ1n) is 7.61. The van der Waals surface area contributed by atoms with Crippen molar-refractivity contribution < 1.29 is 14.6 Å². The summed E-state index contributed by atoms with van der Waals surface area (Å²) in [6.07, 6.45) is 1.24. The van der Waals surface area contributed by atoms with Crippen molar-refractivity contribution in [3.05, 3.63) is 29.8 Å². The van der Waals surface area contributed by atoms with Crippen LogP contribution in [0.3, 0.4) is 0 Å². The molecule has 0 fully saturated rings. The van der Waals surface area contributed by atoms with E-state index in [4.69, 9.17) is 4.74 Å². The molecule has 0 saturated heterocycles. The van der Waals surface area contributed by atoms with Crippen LogP contribution in [0.25, 0.3) is 0 Å². The maximum atomic E-state index is 11.3. The Hall–Kier alpha value is -1.55. The van der Waals surface area contributed by atoms with E-state index < -0.39 is 11.5 Å². The van der Waals surface area contributed by atoms with Crippen molar-refractivity contribution in [2.75, 3.05) is 13.2 Å². The minimum atomic E-state index is -0.879. The fourth-order valence-corrected chi connectivity index (χ4v) is 2.36. The van der Waals surface area contributed by atoms with E-state index in [-0.39, 0.29) is 0 Å². The van der Waals surface area contributed by atoms with Crippen LogP contribution in [-0.2, 0) is 4.79 Å². The van der Waals surface area contributed by atoms with Gasteiger partial charge in [0.1, 0.15) is 11.3 Å². The van der Waals surface area contributed by atoms with Crippen LogP contribution in [0, 0.1) is 0 Å². The lowest BCUT2D eigenvalue weighted by Gasteiger charge is -2.25. The third-order valence-corrected chi connectivity index (χ3v) is 3.66. The number of nitrogens with one attached hydrogen (secondary N) is 1. The number of carbonyl (C=O) groups is 1. The van der Waals surface area contributed by atoms with E-state index in [2.05, 4.69) is 25.2 Å². The fraction of sp³-hybridized carbons (Fsp3) is 0.588. The summed E-state index contributed by atoms with van der Waals surface area (Å²) in [5.74, 6) is 0.493. The molecule has 1 aromatic rings. The van der Waals surface area contributed by atoms with Crippen molar-refractivity contribution >= 4 is 5.97 Å². The van der Waals surface area contributed by atoms with Crippen LogP contribution in [0.2, 0.25) is 0 Å². The zero-order valence-electron chi connectivity index (χ0n) is 13.5. The highest BCUT2D eigenvalue weighted by Crippen LogP contribution is 2.26. The predicted molar refractivity (Wildman–Crippen MR) is 85.0 cm³/mol. The highest BCUT2D eigenvalue weighted by atomic mass is 16.5. The average Bonchev–Trinajstić information content (AvgIpc) is 2.44. The molecule has 0 aliphatic heterocycles. The number of likely N-dealkylation sites (N-methyl/N-ethyl adjacent to an activating group) is 1. The van der Waals surface area contributed by atoms with Gasteiger partial charge < -0.3 is 15.2 Å². The molecule has 0 spiro atoms. The van der Waals surface area contributed by atoms with Crippen molar-refractivity contribution in [3.63, 3.8) is 0 Å². The quantitative estimate of drug-likeness (QED) is 0.685. The Labute approximate surface area is 127 Å². The number of hydrogen-bond acceptors (Lipinski definition) is 3. The summed E-state index contributed by atoms with van der Waals surface area (Å²) in [4.78, 5) is 11.3. The highest BCUT2D eigenvalue weighted by molar-refractivity contribution is 5.78. The van der Waals surface area contributed by atoms with E-state index in [0.29, 0.717) is 31.9 Å². The molecule has 0 radical (unpaired) electrons. The van der Waals surface area contributed by atoms with E-state index in [1.54, 1.807) is 6.92 Å². The van der Waals surface area contributed by atoms with Crippen LogP contribution >= 0.6 is 0 Å². The maximum Gasteiger partial charge on any atom is 0.323 e. The molecule has 4 nitrogen and oxygen atoms in total. The van der Waals surface area contributed by atoms with E-state index in [1.165, 1.54) is 5.56 Å². The van der Waals surface area contributed by atoms with Crippen molar-refractivity contribution in [2.45, 2.75) is 52.0 Å². The molecule has 1 rings (SSSR count). The summed E-state index contributed by atoms with van der Waals surface area (Å²) in [7, 11) is 0.